The summed E-state index contributed by atoms with van der Waals surface area (Å²) < 4.78 is 0. The first-order chi connectivity index (χ1) is 16.5. The Balaban J connectivity index is 1.64. The van der Waals surface area contributed by atoms with E-state index in [0.29, 0.717) is 19.3 Å². The van der Waals surface area contributed by atoms with Crippen LogP contribution in [0, 0.1) is 50.2 Å². The number of carboxylic acids is 1. The van der Waals surface area contributed by atoms with Crippen LogP contribution in [0.3, 0.4) is 0 Å². The predicted molar refractivity (Wildman–Crippen MR) is 137 cm³/mol. The lowest BCUT2D eigenvalue weighted by atomic mass is 9.33. The second-order valence-electron chi connectivity index (χ2n) is 15.2. The molecule has 5 N–H and O–H groups in total. The summed E-state index contributed by atoms with van der Waals surface area (Å²) in [6.07, 6.45) is 5.13. The van der Waals surface area contributed by atoms with Gasteiger partial charge < -0.3 is 25.5 Å². The molecule has 5 aliphatic carbocycles. The van der Waals surface area contributed by atoms with Gasteiger partial charge in [-0.05, 0) is 90.8 Å². The topological polar surface area (TPSA) is 118 Å². The smallest absolute Gasteiger partial charge is 0.312 e. The zero-order valence-corrected chi connectivity index (χ0v) is 23.0. The first-order valence-corrected chi connectivity index (χ1v) is 14.1. The summed E-state index contributed by atoms with van der Waals surface area (Å²) in [7, 11) is 0. The van der Waals surface area contributed by atoms with Crippen molar-refractivity contribution < 1.29 is 30.3 Å². The number of carbonyl (C=O) groups is 1. The van der Waals surface area contributed by atoms with E-state index in [9.17, 15) is 30.3 Å². The van der Waals surface area contributed by atoms with Crippen LogP contribution < -0.4 is 0 Å². The highest BCUT2D eigenvalue weighted by atomic mass is 16.4. The molecule has 0 aromatic heterocycles. The van der Waals surface area contributed by atoms with Gasteiger partial charge in [-0.15, -0.1) is 0 Å². The maximum absolute atomic E-state index is 12.8. The Hall–Kier alpha value is -0.950. The van der Waals surface area contributed by atoms with Crippen molar-refractivity contribution >= 4 is 5.97 Å². The number of aliphatic hydroxyl groups excluding tert-OH is 4. The van der Waals surface area contributed by atoms with E-state index in [4.69, 9.17) is 0 Å². The van der Waals surface area contributed by atoms with Crippen LogP contribution in [-0.2, 0) is 4.79 Å². The van der Waals surface area contributed by atoms with Crippen molar-refractivity contribution in [2.24, 2.45) is 50.2 Å². The summed E-state index contributed by atoms with van der Waals surface area (Å²) in [6, 6.07) is 0. The molecule has 0 saturated heterocycles. The molecule has 0 heterocycles. The maximum Gasteiger partial charge on any atom is 0.312 e. The molecule has 5 rings (SSSR count). The van der Waals surface area contributed by atoms with Gasteiger partial charge in [0.1, 0.15) is 5.41 Å². The number of rotatable bonds is 2. The van der Waals surface area contributed by atoms with Crippen molar-refractivity contribution in [1.82, 2.24) is 0 Å². The third-order valence-corrected chi connectivity index (χ3v) is 13.2. The van der Waals surface area contributed by atoms with Crippen LogP contribution in [0.2, 0.25) is 0 Å². The van der Waals surface area contributed by atoms with E-state index >= 15 is 0 Å². The van der Waals surface area contributed by atoms with E-state index < -0.39 is 35.1 Å². The van der Waals surface area contributed by atoms with Crippen molar-refractivity contribution in [3.05, 3.63) is 11.6 Å². The third kappa shape index (κ3) is 3.02. The Morgan fingerprint density at radius 3 is 2.22 bits per heavy atom. The van der Waals surface area contributed by atoms with Crippen molar-refractivity contribution in [1.29, 1.82) is 0 Å². The van der Waals surface area contributed by atoms with E-state index in [1.54, 1.807) is 0 Å². The lowest BCUT2D eigenvalue weighted by Crippen LogP contribution is -2.69. The molecule has 0 aromatic rings. The summed E-state index contributed by atoms with van der Waals surface area (Å²) >= 11 is 0. The Morgan fingerprint density at radius 1 is 0.944 bits per heavy atom. The van der Waals surface area contributed by atoms with Crippen LogP contribution in [0.5, 0.6) is 0 Å². The number of carboxylic acid groups (broad SMARTS) is 1. The average molecular weight is 505 g/mol. The number of fused-ring (bicyclic) bond motifs is 7. The number of hydrogen-bond donors (Lipinski definition) is 5. The van der Waals surface area contributed by atoms with E-state index in [2.05, 4.69) is 40.7 Å². The molecule has 4 fully saturated rings. The maximum atomic E-state index is 12.8. The van der Waals surface area contributed by atoms with Gasteiger partial charge >= 0.3 is 5.97 Å². The normalized spacial score (nSPS) is 55.9. The minimum atomic E-state index is -1.12. The molecule has 0 aliphatic heterocycles. The van der Waals surface area contributed by atoms with Crippen molar-refractivity contribution in [2.75, 3.05) is 6.61 Å². The summed E-state index contributed by atoms with van der Waals surface area (Å²) in [5, 5.41) is 54.5. The fourth-order valence-corrected chi connectivity index (χ4v) is 10.9. The van der Waals surface area contributed by atoms with Gasteiger partial charge in [0.2, 0.25) is 0 Å². The van der Waals surface area contributed by atoms with Crippen molar-refractivity contribution in [3.63, 3.8) is 0 Å². The minimum Gasteiger partial charge on any atom is -0.481 e. The van der Waals surface area contributed by atoms with Crippen LogP contribution >= 0.6 is 0 Å². The minimum absolute atomic E-state index is 0.0242. The predicted octanol–water partition coefficient (Wildman–Crippen LogP) is 4.15. The van der Waals surface area contributed by atoms with E-state index in [0.717, 1.165) is 32.1 Å². The lowest BCUT2D eigenvalue weighted by molar-refractivity contribution is -0.248. The van der Waals surface area contributed by atoms with Gasteiger partial charge in [0, 0.05) is 5.41 Å². The molecule has 0 aromatic carbocycles. The molecular formula is C30H48O6. The molecule has 11 atom stereocenters. The van der Waals surface area contributed by atoms with Gasteiger partial charge in [0.15, 0.2) is 0 Å². The van der Waals surface area contributed by atoms with E-state index in [1.165, 1.54) is 5.57 Å². The monoisotopic (exact) mass is 504 g/mol. The highest BCUT2D eigenvalue weighted by molar-refractivity contribution is 5.77. The molecular weight excluding hydrogens is 456 g/mol. The Labute approximate surface area is 216 Å². The van der Waals surface area contributed by atoms with Crippen LogP contribution in [-0.4, -0.2) is 56.4 Å². The average Bonchev–Trinajstić information content (AvgIpc) is 2.77. The first-order valence-electron chi connectivity index (χ1n) is 14.1. The van der Waals surface area contributed by atoms with Crippen molar-refractivity contribution in [2.45, 2.75) is 111 Å². The van der Waals surface area contributed by atoms with Crippen LogP contribution in [0.4, 0.5) is 0 Å². The number of allylic oxidation sites excluding steroid dienone is 2. The molecule has 6 heteroatoms. The fraction of sp³-hybridized carbons (Fsp3) is 0.900. The SMILES string of the molecule is CC1(C)CC[C@]2(C(=O)O)[C@H](C1)C1=CC[C@H]3[C@]4(C)C[C@@H](O)[C@@H](O)[C@](C)(CO)[C@H]4CC[C@]3(C)[C@@]1(C)C[C@@H]2O. The number of aliphatic carboxylic acids is 1. The molecule has 0 unspecified atom stereocenters. The fourth-order valence-electron chi connectivity index (χ4n) is 10.9. The highest BCUT2D eigenvalue weighted by Crippen LogP contribution is 2.75. The van der Waals surface area contributed by atoms with Gasteiger partial charge in [-0.2, -0.15) is 0 Å². The Morgan fingerprint density at radius 2 is 1.61 bits per heavy atom. The molecule has 0 bridgehead atoms. The summed E-state index contributed by atoms with van der Waals surface area (Å²) in [5.41, 5.74) is -1.44. The Kier molecular flexibility index (Phi) is 5.77. The van der Waals surface area contributed by atoms with Gasteiger partial charge in [-0.1, -0.05) is 53.2 Å². The third-order valence-electron chi connectivity index (χ3n) is 13.2. The van der Waals surface area contributed by atoms with Gasteiger partial charge in [-0.25, -0.2) is 0 Å². The van der Waals surface area contributed by atoms with Crippen LogP contribution in [0.25, 0.3) is 0 Å². The molecule has 0 amide bonds. The molecule has 204 valence electrons. The summed E-state index contributed by atoms with van der Waals surface area (Å²) in [6.45, 7) is 13.1. The van der Waals surface area contributed by atoms with Gasteiger partial charge in [0.25, 0.3) is 0 Å². The van der Waals surface area contributed by atoms with Gasteiger partial charge in [0.05, 0.1) is 24.9 Å². The van der Waals surface area contributed by atoms with E-state index in [-0.39, 0.29) is 46.0 Å². The van der Waals surface area contributed by atoms with Gasteiger partial charge in [-0.3, -0.25) is 4.79 Å². The standard InChI is InChI=1S/C30H48O6/c1-25(2)11-12-30(24(35)36)18(13-25)17-7-8-21-26(3)14-19(32)23(34)27(4,16-31)20(26)9-10-28(21,5)29(17,6)15-22(30)33/h7,18-23,31-34H,8-16H2,1-6H3,(H,35,36)/t18-,19-,20+,21+,22+,23-,26-,27-,28+,29+,30+/m1/s1. The molecule has 0 spiro atoms. The zero-order valence-electron chi connectivity index (χ0n) is 23.0. The quantitative estimate of drug-likeness (QED) is 0.361. The lowest BCUT2D eigenvalue weighted by Gasteiger charge is -2.72. The zero-order chi connectivity index (χ0) is 26.7. The van der Waals surface area contributed by atoms with Crippen molar-refractivity contribution in [3.8, 4) is 0 Å². The summed E-state index contributed by atoms with van der Waals surface area (Å²) in [4.78, 5) is 12.8. The van der Waals surface area contributed by atoms with E-state index in [1.807, 2.05) is 6.92 Å². The molecule has 5 aliphatic rings. The largest absolute Gasteiger partial charge is 0.481 e. The van der Waals surface area contributed by atoms with Crippen LogP contribution in [0.1, 0.15) is 92.9 Å². The molecule has 0 radical (unpaired) electrons. The summed E-state index contributed by atoms with van der Waals surface area (Å²) in [5.74, 6) is -0.765. The molecule has 4 saturated carbocycles. The highest BCUT2D eigenvalue weighted by Gasteiger charge is 2.72. The molecule has 6 nitrogen and oxygen atoms in total. The second-order valence-corrected chi connectivity index (χ2v) is 15.2. The second kappa shape index (κ2) is 7.80. The van der Waals surface area contributed by atoms with Crippen LogP contribution in [0.15, 0.2) is 11.6 Å². The molecule has 36 heavy (non-hydrogen) atoms. The Bertz CT molecular complexity index is 974. The number of hydrogen-bond acceptors (Lipinski definition) is 5. The number of aliphatic hydroxyl groups is 4. The first kappa shape index (κ1) is 26.6.